The number of anilines is 1. The van der Waals surface area contributed by atoms with Crippen LogP contribution in [0, 0.1) is 0 Å². The van der Waals surface area contributed by atoms with E-state index >= 15 is 0 Å². The number of amides is 1. The molecule has 1 aliphatic rings. The summed E-state index contributed by atoms with van der Waals surface area (Å²) in [6.45, 7) is 8.31. The van der Waals surface area contributed by atoms with Crippen molar-refractivity contribution in [3.63, 3.8) is 0 Å². The second-order valence-corrected chi connectivity index (χ2v) is 6.20. The van der Waals surface area contributed by atoms with E-state index in [-0.39, 0.29) is 18.1 Å². The van der Waals surface area contributed by atoms with Crippen molar-refractivity contribution >= 4 is 11.6 Å². The number of nitrogens with one attached hydrogen (secondary N) is 1. The zero-order valence-electron chi connectivity index (χ0n) is 14.7. The number of ether oxygens (including phenoxy) is 1. The monoisotopic (exact) mass is 336 g/mol. The van der Waals surface area contributed by atoms with Gasteiger partial charge in [-0.05, 0) is 31.5 Å². The third-order valence-electron chi connectivity index (χ3n) is 4.60. The van der Waals surface area contributed by atoms with Crippen molar-refractivity contribution in [2.75, 3.05) is 11.9 Å². The van der Waals surface area contributed by atoms with Crippen molar-refractivity contribution < 1.29 is 9.53 Å². The van der Waals surface area contributed by atoms with Gasteiger partial charge in [0.1, 0.15) is 18.5 Å². The molecule has 0 bridgehead atoms. The lowest BCUT2D eigenvalue weighted by atomic mass is 10.0. The molecule has 2 aromatic rings. The summed E-state index contributed by atoms with van der Waals surface area (Å²) < 4.78 is 5.83. The molecule has 1 aliphatic heterocycles. The van der Waals surface area contributed by atoms with Gasteiger partial charge in [-0.3, -0.25) is 4.79 Å². The van der Waals surface area contributed by atoms with E-state index in [0.29, 0.717) is 12.2 Å². The largest absolute Gasteiger partial charge is 0.489 e. The molecule has 2 aromatic carbocycles. The molecule has 4 nitrogen and oxygen atoms in total. The maximum Gasteiger partial charge on any atom is 0.258 e. The molecule has 0 aromatic heterocycles. The summed E-state index contributed by atoms with van der Waals surface area (Å²) in [7, 11) is 0. The van der Waals surface area contributed by atoms with E-state index in [0.717, 1.165) is 23.4 Å². The topological polar surface area (TPSA) is 41.6 Å². The van der Waals surface area contributed by atoms with Gasteiger partial charge in [-0.2, -0.15) is 0 Å². The molecular weight excluding hydrogens is 312 g/mol. The van der Waals surface area contributed by atoms with E-state index in [1.165, 1.54) is 0 Å². The third-order valence-corrected chi connectivity index (χ3v) is 4.60. The van der Waals surface area contributed by atoms with E-state index in [4.69, 9.17) is 4.74 Å². The Morgan fingerprint density at radius 1 is 1.24 bits per heavy atom. The summed E-state index contributed by atoms with van der Waals surface area (Å²) in [5, 5.41) is 3.53. The molecule has 0 saturated carbocycles. The van der Waals surface area contributed by atoms with E-state index in [2.05, 4.69) is 25.7 Å². The number of hydrogen-bond donors (Lipinski definition) is 1. The molecule has 0 fully saturated rings. The second kappa shape index (κ2) is 7.43. The Morgan fingerprint density at radius 3 is 2.72 bits per heavy atom. The molecule has 0 unspecified atom stereocenters. The average Bonchev–Trinajstić information content (AvgIpc) is 2.66. The van der Waals surface area contributed by atoms with Crippen molar-refractivity contribution in [1.29, 1.82) is 0 Å². The van der Waals surface area contributed by atoms with Crippen LogP contribution in [0.2, 0.25) is 0 Å². The SMILES string of the molecule is C=CCOc1ccccc1[C@H]1Nc2ccccc2C(=O)N1[C@H](C)CC. The second-order valence-electron chi connectivity index (χ2n) is 6.20. The highest BCUT2D eigenvalue weighted by atomic mass is 16.5. The smallest absolute Gasteiger partial charge is 0.258 e. The fourth-order valence-corrected chi connectivity index (χ4v) is 3.13. The minimum absolute atomic E-state index is 0.0484. The lowest BCUT2D eigenvalue weighted by Gasteiger charge is -2.41. The van der Waals surface area contributed by atoms with Crippen molar-refractivity contribution in [2.24, 2.45) is 0 Å². The summed E-state index contributed by atoms with van der Waals surface area (Å²) in [5.74, 6) is 0.813. The van der Waals surface area contributed by atoms with Crippen molar-refractivity contribution in [3.05, 3.63) is 72.3 Å². The molecule has 1 amide bonds. The van der Waals surface area contributed by atoms with Crippen molar-refractivity contribution in [3.8, 4) is 5.75 Å². The highest BCUT2D eigenvalue weighted by molar-refractivity contribution is 6.02. The van der Waals surface area contributed by atoms with Crippen LogP contribution in [-0.2, 0) is 0 Å². The Balaban J connectivity index is 2.07. The quantitative estimate of drug-likeness (QED) is 0.783. The van der Waals surface area contributed by atoms with Gasteiger partial charge in [0.2, 0.25) is 0 Å². The lowest BCUT2D eigenvalue weighted by Crippen LogP contribution is -2.47. The lowest BCUT2D eigenvalue weighted by molar-refractivity contribution is 0.0591. The molecule has 3 rings (SSSR count). The molecule has 4 heteroatoms. The fourth-order valence-electron chi connectivity index (χ4n) is 3.13. The summed E-state index contributed by atoms with van der Waals surface area (Å²) in [5.41, 5.74) is 2.52. The molecule has 0 saturated heterocycles. The summed E-state index contributed by atoms with van der Waals surface area (Å²) in [6, 6.07) is 15.6. The van der Waals surface area contributed by atoms with Gasteiger partial charge in [0.15, 0.2) is 0 Å². The molecule has 1 heterocycles. The van der Waals surface area contributed by atoms with Crippen molar-refractivity contribution in [1.82, 2.24) is 4.90 Å². The minimum Gasteiger partial charge on any atom is -0.489 e. The standard InChI is InChI=1S/C21H24N2O2/c1-4-14-25-19-13-9-7-11-17(19)20-22-18-12-8-6-10-16(18)21(24)23(20)15(3)5-2/h4,6-13,15,20,22H,1,5,14H2,2-3H3/t15-,20+/m1/s1. The van der Waals surface area contributed by atoms with Gasteiger partial charge in [-0.15, -0.1) is 0 Å². The third kappa shape index (κ3) is 3.25. The van der Waals surface area contributed by atoms with E-state index in [1.807, 2.05) is 53.4 Å². The van der Waals surface area contributed by atoms with Crippen LogP contribution in [0.3, 0.4) is 0 Å². The Bertz CT molecular complexity index is 772. The Kier molecular flexibility index (Phi) is 5.08. The first kappa shape index (κ1) is 17.1. The normalized spacial score (nSPS) is 17.4. The first-order chi connectivity index (χ1) is 12.2. The Morgan fingerprint density at radius 2 is 1.96 bits per heavy atom. The molecular formula is C21H24N2O2. The van der Waals surface area contributed by atoms with E-state index in [9.17, 15) is 4.79 Å². The van der Waals surface area contributed by atoms with Crippen LogP contribution < -0.4 is 10.1 Å². The molecule has 130 valence electrons. The maximum atomic E-state index is 13.2. The highest BCUT2D eigenvalue weighted by Crippen LogP contribution is 2.38. The molecule has 0 radical (unpaired) electrons. The highest BCUT2D eigenvalue weighted by Gasteiger charge is 2.36. The number of rotatable bonds is 6. The van der Waals surface area contributed by atoms with Crippen molar-refractivity contribution in [2.45, 2.75) is 32.5 Å². The Labute approximate surface area is 149 Å². The summed E-state index contributed by atoms with van der Waals surface area (Å²) in [4.78, 5) is 15.1. The van der Waals surface area contributed by atoms with Crippen LogP contribution in [0.4, 0.5) is 5.69 Å². The number of carbonyl (C=O) groups excluding carboxylic acids is 1. The van der Waals surface area contributed by atoms with Crippen LogP contribution in [0.25, 0.3) is 0 Å². The van der Waals surface area contributed by atoms with Crippen LogP contribution in [0.5, 0.6) is 5.75 Å². The van der Waals surface area contributed by atoms with E-state index in [1.54, 1.807) is 6.08 Å². The minimum atomic E-state index is -0.265. The molecule has 0 aliphatic carbocycles. The molecule has 2 atom stereocenters. The van der Waals surface area contributed by atoms with Crippen LogP contribution in [-0.4, -0.2) is 23.5 Å². The van der Waals surface area contributed by atoms with Crippen LogP contribution in [0.1, 0.15) is 42.4 Å². The first-order valence-electron chi connectivity index (χ1n) is 8.68. The zero-order chi connectivity index (χ0) is 17.8. The van der Waals surface area contributed by atoms with Crippen LogP contribution in [0.15, 0.2) is 61.2 Å². The summed E-state index contributed by atoms with van der Waals surface area (Å²) in [6.07, 6.45) is 2.33. The number of benzene rings is 2. The summed E-state index contributed by atoms with van der Waals surface area (Å²) >= 11 is 0. The molecule has 1 N–H and O–H groups in total. The van der Waals surface area contributed by atoms with E-state index < -0.39 is 0 Å². The molecule has 25 heavy (non-hydrogen) atoms. The number of hydrogen-bond acceptors (Lipinski definition) is 3. The molecule has 0 spiro atoms. The van der Waals surface area contributed by atoms with Crippen LogP contribution >= 0.6 is 0 Å². The van der Waals surface area contributed by atoms with Gasteiger partial charge in [-0.25, -0.2) is 0 Å². The zero-order valence-corrected chi connectivity index (χ0v) is 14.7. The van der Waals surface area contributed by atoms with Gasteiger partial charge in [0.05, 0.1) is 5.56 Å². The van der Waals surface area contributed by atoms with Gasteiger partial charge < -0.3 is 15.0 Å². The van der Waals surface area contributed by atoms with Gasteiger partial charge in [0.25, 0.3) is 5.91 Å². The van der Waals surface area contributed by atoms with Gasteiger partial charge in [0, 0.05) is 17.3 Å². The van der Waals surface area contributed by atoms with Gasteiger partial charge in [-0.1, -0.05) is 49.9 Å². The predicted molar refractivity (Wildman–Crippen MR) is 101 cm³/mol. The van der Waals surface area contributed by atoms with Gasteiger partial charge >= 0.3 is 0 Å². The first-order valence-corrected chi connectivity index (χ1v) is 8.68. The predicted octanol–water partition coefficient (Wildman–Crippen LogP) is 4.62. The Hall–Kier alpha value is -2.75. The number of carbonyl (C=O) groups is 1. The number of para-hydroxylation sites is 2. The number of fused-ring (bicyclic) bond motifs is 1. The fraction of sp³-hybridized carbons (Fsp3) is 0.286. The number of nitrogens with zero attached hydrogens (tertiary/aromatic N) is 1. The average molecular weight is 336 g/mol. The maximum absolute atomic E-state index is 13.2.